The summed E-state index contributed by atoms with van der Waals surface area (Å²) < 4.78 is 40.9. The fourth-order valence-electron chi connectivity index (χ4n) is 2.78. The first-order valence-corrected chi connectivity index (χ1v) is 9.39. The van der Waals surface area contributed by atoms with Crippen molar-refractivity contribution in [2.45, 2.75) is 39.1 Å². The van der Waals surface area contributed by atoms with Crippen LogP contribution in [0.5, 0.6) is 0 Å². The Kier molecular flexibility index (Phi) is 11.3. The maximum absolute atomic E-state index is 12.1. The van der Waals surface area contributed by atoms with E-state index in [4.69, 9.17) is 0 Å². The van der Waals surface area contributed by atoms with Crippen molar-refractivity contribution in [1.82, 2.24) is 15.5 Å². The van der Waals surface area contributed by atoms with E-state index in [0.717, 1.165) is 31.5 Å². The van der Waals surface area contributed by atoms with Gasteiger partial charge in [0.25, 0.3) is 0 Å². The maximum atomic E-state index is 12.1. The van der Waals surface area contributed by atoms with Crippen LogP contribution >= 0.6 is 24.0 Å². The normalized spacial score (nSPS) is 14.5. The first kappa shape index (κ1) is 25.5. The summed E-state index contributed by atoms with van der Waals surface area (Å²) in [6.07, 6.45) is -2.21. The smallest absolute Gasteiger partial charge is 0.367 e. The Hall–Kier alpha value is -1.56. The van der Waals surface area contributed by atoms with Crippen LogP contribution < -0.4 is 10.6 Å². The van der Waals surface area contributed by atoms with Crippen molar-refractivity contribution >= 4 is 35.8 Å². The van der Waals surface area contributed by atoms with E-state index in [0.29, 0.717) is 24.6 Å². The van der Waals surface area contributed by atoms with E-state index in [-0.39, 0.29) is 43.0 Å². The Morgan fingerprint density at radius 2 is 1.76 bits per heavy atom. The first-order valence-electron chi connectivity index (χ1n) is 9.39. The average molecular weight is 528 g/mol. The van der Waals surface area contributed by atoms with Crippen molar-refractivity contribution in [1.29, 1.82) is 0 Å². The monoisotopic (exact) mass is 528 g/mol. The molecular weight excluding hydrogens is 500 g/mol. The highest BCUT2D eigenvalue weighted by Gasteiger charge is 2.27. The van der Waals surface area contributed by atoms with Crippen LogP contribution in [0.2, 0.25) is 0 Å². The molecule has 1 saturated heterocycles. The van der Waals surface area contributed by atoms with Crippen LogP contribution in [0.3, 0.4) is 0 Å². The highest BCUT2D eigenvalue weighted by Crippen LogP contribution is 2.16. The van der Waals surface area contributed by atoms with Gasteiger partial charge in [-0.15, -0.1) is 24.0 Å². The van der Waals surface area contributed by atoms with Gasteiger partial charge in [0, 0.05) is 19.6 Å². The molecule has 0 spiro atoms. The quantitative estimate of drug-likeness (QED) is 0.310. The maximum Gasteiger partial charge on any atom is 0.411 e. The molecule has 6 nitrogen and oxygen atoms in total. The molecule has 0 unspecified atom stereocenters. The van der Waals surface area contributed by atoms with E-state index in [1.807, 2.05) is 11.8 Å². The lowest BCUT2D eigenvalue weighted by Gasteiger charge is -2.17. The third kappa shape index (κ3) is 10.2. The Morgan fingerprint density at radius 1 is 1.14 bits per heavy atom. The van der Waals surface area contributed by atoms with Crippen molar-refractivity contribution in [3.05, 3.63) is 35.4 Å². The highest BCUT2D eigenvalue weighted by atomic mass is 127. The van der Waals surface area contributed by atoms with Crippen LogP contribution in [0, 0.1) is 0 Å². The Labute approximate surface area is 186 Å². The first-order chi connectivity index (χ1) is 13.4. The molecule has 1 aromatic carbocycles. The average Bonchev–Trinajstić information content (AvgIpc) is 3.18. The van der Waals surface area contributed by atoms with Gasteiger partial charge in [0.05, 0.1) is 19.7 Å². The summed E-state index contributed by atoms with van der Waals surface area (Å²) >= 11 is 0. The number of carbonyl (C=O) groups is 1. The van der Waals surface area contributed by atoms with Gasteiger partial charge in [-0.3, -0.25) is 4.79 Å². The zero-order valence-electron chi connectivity index (χ0n) is 16.4. The van der Waals surface area contributed by atoms with E-state index in [2.05, 4.69) is 20.4 Å². The number of hydrogen-bond donors (Lipinski definition) is 2. The van der Waals surface area contributed by atoms with Gasteiger partial charge in [0.15, 0.2) is 5.96 Å². The second-order valence-electron chi connectivity index (χ2n) is 6.56. The van der Waals surface area contributed by atoms with Gasteiger partial charge in [-0.05, 0) is 30.9 Å². The fourth-order valence-corrected chi connectivity index (χ4v) is 2.78. The Balaban J connectivity index is 0.00000420. The summed E-state index contributed by atoms with van der Waals surface area (Å²) in [5.74, 6) is 0.610. The molecule has 2 rings (SSSR count). The lowest BCUT2D eigenvalue weighted by atomic mass is 10.1. The number of hydrogen-bond acceptors (Lipinski definition) is 3. The number of aliphatic imine (C=N–C) groups is 1. The molecule has 10 heteroatoms. The minimum Gasteiger partial charge on any atom is -0.367 e. The number of nitrogens with zero attached hydrogens (tertiary/aromatic N) is 2. The molecule has 29 heavy (non-hydrogen) atoms. The second-order valence-corrected chi connectivity index (χ2v) is 6.56. The molecule has 0 bridgehead atoms. The fraction of sp³-hybridized carbons (Fsp3) is 0.579. The van der Waals surface area contributed by atoms with Crippen LogP contribution in [0.25, 0.3) is 0 Å². The standard InChI is InChI=1S/C19H27F3N4O2.HI/c1-2-23-18(25-12-17(27)26-9-3-4-10-26)24-11-15-5-7-16(8-6-15)13-28-14-19(20,21)22;/h5-8H,2-4,9-14H2,1H3,(H2,23,24,25);1H. The van der Waals surface area contributed by atoms with Gasteiger partial charge in [-0.1, -0.05) is 24.3 Å². The number of amides is 1. The third-order valence-corrected chi connectivity index (χ3v) is 4.19. The minimum absolute atomic E-state index is 0. The van der Waals surface area contributed by atoms with Crippen LogP contribution in [-0.4, -0.2) is 55.7 Å². The lowest BCUT2D eigenvalue weighted by molar-refractivity contribution is -0.176. The molecule has 0 aromatic heterocycles. The van der Waals surface area contributed by atoms with E-state index in [1.165, 1.54) is 0 Å². The largest absolute Gasteiger partial charge is 0.411 e. The van der Waals surface area contributed by atoms with Crippen molar-refractivity contribution < 1.29 is 22.7 Å². The van der Waals surface area contributed by atoms with Gasteiger partial charge in [0.2, 0.25) is 5.91 Å². The summed E-state index contributed by atoms with van der Waals surface area (Å²) in [5, 5.41) is 6.14. The molecule has 1 amide bonds. The van der Waals surface area contributed by atoms with Gasteiger partial charge in [-0.2, -0.15) is 13.2 Å². The van der Waals surface area contributed by atoms with Gasteiger partial charge in [-0.25, -0.2) is 4.99 Å². The zero-order valence-corrected chi connectivity index (χ0v) is 18.8. The van der Waals surface area contributed by atoms with E-state index >= 15 is 0 Å². The van der Waals surface area contributed by atoms with Crippen molar-refractivity contribution in [3.8, 4) is 0 Å². The zero-order chi connectivity index (χ0) is 20.4. The molecular formula is C19H28F3IN4O2. The van der Waals surface area contributed by atoms with Gasteiger partial charge in [0.1, 0.15) is 6.61 Å². The topological polar surface area (TPSA) is 66.0 Å². The number of ether oxygens (including phenoxy) is 1. The van der Waals surface area contributed by atoms with Gasteiger partial charge >= 0.3 is 6.18 Å². The molecule has 0 aliphatic carbocycles. The second kappa shape index (κ2) is 12.9. The predicted molar refractivity (Wildman–Crippen MR) is 116 cm³/mol. The van der Waals surface area contributed by atoms with Crippen LogP contribution in [0.1, 0.15) is 30.9 Å². The molecule has 2 N–H and O–H groups in total. The molecule has 1 aliphatic heterocycles. The Morgan fingerprint density at radius 3 is 2.34 bits per heavy atom. The molecule has 0 saturated carbocycles. The van der Waals surface area contributed by atoms with Crippen molar-refractivity contribution in [2.75, 3.05) is 32.8 Å². The Bertz CT molecular complexity index is 648. The van der Waals surface area contributed by atoms with Crippen LogP contribution in [-0.2, 0) is 22.7 Å². The summed E-state index contributed by atoms with van der Waals surface area (Å²) in [5.41, 5.74) is 1.57. The highest BCUT2D eigenvalue weighted by molar-refractivity contribution is 14.0. The van der Waals surface area contributed by atoms with Crippen molar-refractivity contribution in [3.63, 3.8) is 0 Å². The number of nitrogens with one attached hydrogen (secondary N) is 2. The van der Waals surface area contributed by atoms with Crippen LogP contribution in [0.4, 0.5) is 13.2 Å². The van der Waals surface area contributed by atoms with Gasteiger partial charge < -0.3 is 20.3 Å². The summed E-state index contributed by atoms with van der Waals surface area (Å²) in [6.45, 7) is 3.46. The summed E-state index contributed by atoms with van der Waals surface area (Å²) in [4.78, 5) is 18.4. The molecule has 1 heterocycles. The van der Waals surface area contributed by atoms with E-state index in [1.54, 1.807) is 24.3 Å². The summed E-state index contributed by atoms with van der Waals surface area (Å²) in [7, 11) is 0. The minimum atomic E-state index is -4.32. The summed E-state index contributed by atoms with van der Waals surface area (Å²) in [6, 6.07) is 7.04. The molecule has 164 valence electrons. The molecule has 1 aromatic rings. The number of benzene rings is 1. The predicted octanol–water partition coefficient (Wildman–Crippen LogP) is 3.06. The molecule has 1 fully saturated rings. The van der Waals surface area contributed by atoms with E-state index < -0.39 is 12.8 Å². The van der Waals surface area contributed by atoms with E-state index in [9.17, 15) is 18.0 Å². The number of alkyl halides is 3. The van der Waals surface area contributed by atoms with Crippen LogP contribution in [0.15, 0.2) is 29.3 Å². The number of halogens is 4. The number of rotatable bonds is 8. The van der Waals surface area contributed by atoms with Crippen molar-refractivity contribution in [2.24, 2.45) is 4.99 Å². The molecule has 0 radical (unpaired) electrons. The number of carbonyl (C=O) groups excluding carboxylic acids is 1. The molecule has 0 atom stereocenters. The lowest BCUT2D eigenvalue weighted by Crippen LogP contribution is -2.44. The number of guanidine groups is 1. The number of likely N-dealkylation sites (tertiary alicyclic amines) is 1. The third-order valence-electron chi connectivity index (χ3n) is 4.19. The SMILES string of the molecule is CCNC(=NCc1ccc(COCC(F)(F)F)cc1)NCC(=O)N1CCCC1.I. The molecule has 1 aliphatic rings.